The van der Waals surface area contributed by atoms with Crippen LogP contribution in [0.5, 0.6) is 6.01 Å². The number of aryl methyl sites for hydroxylation is 1. The summed E-state index contributed by atoms with van der Waals surface area (Å²) in [5.74, 6) is -0.223. The molecule has 3 fully saturated rings. The molecule has 5 aliphatic heterocycles. The zero-order valence-corrected chi connectivity index (χ0v) is 25.5. The van der Waals surface area contributed by atoms with Gasteiger partial charge in [-0.25, -0.2) is 8.78 Å². The Morgan fingerprint density at radius 2 is 1.96 bits per heavy atom. The molecule has 12 heteroatoms. The van der Waals surface area contributed by atoms with Crippen LogP contribution in [0.15, 0.2) is 24.4 Å². The van der Waals surface area contributed by atoms with Crippen molar-refractivity contribution in [1.82, 2.24) is 25.2 Å². The van der Waals surface area contributed by atoms with E-state index >= 15 is 4.39 Å². The molecule has 7 heterocycles. The number of hydrogen-bond acceptors (Lipinski definition) is 9. The van der Waals surface area contributed by atoms with Crippen molar-refractivity contribution in [3.8, 4) is 17.3 Å². The second-order valence-corrected chi connectivity index (χ2v) is 13.3. The molecule has 1 amide bonds. The Balaban J connectivity index is 1.33. The molecular formula is C33H41F2N7O3. The fourth-order valence-electron chi connectivity index (χ4n) is 7.82. The van der Waals surface area contributed by atoms with E-state index in [1.165, 1.54) is 0 Å². The van der Waals surface area contributed by atoms with E-state index in [0.29, 0.717) is 87.0 Å². The van der Waals surface area contributed by atoms with E-state index in [2.05, 4.69) is 20.2 Å². The van der Waals surface area contributed by atoms with Crippen molar-refractivity contribution in [1.29, 1.82) is 0 Å². The Labute approximate surface area is 261 Å². The van der Waals surface area contributed by atoms with E-state index in [9.17, 15) is 14.3 Å². The maximum atomic E-state index is 16.7. The van der Waals surface area contributed by atoms with Gasteiger partial charge in [0.25, 0.3) is 0 Å². The minimum Gasteiger partial charge on any atom is -0.461 e. The lowest BCUT2D eigenvalue weighted by Crippen LogP contribution is -2.50. The first-order chi connectivity index (χ1) is 21.7. The normalized spacial score (nSPS) is 27.7. The second-order valence-electron chi connectivity index (χ2n) is 13.3. The number of nitrogens with one attached hydrogen (secondary N) is 1. The Morgan fingerprint density at radius 3 is 2.84 bits per heavy atom. The Kier molecular flexibility index (Phi) is 7.97. The maximum Gasteiger partial charge on any atom is 0.319 e. The number of anilines is 2. The molecule has 2 aromatic heterocycles. The number of nitrogens with zero attached hydrogens (tertiary/aromatic N) is 5. The van der Waals surface area contributed by atoms with Crippen LogP contribution in [0.25, 0.3) is 22.2 Å². The topological polar surface area (TPSA) is 130 Å². The maximum absolute atomic E-state index is 16.7. The van der Waals surface area contributed by atoms with Gasteiger partial charge in [0.05, 0.1) is 16.5 Å². The van der Waals surface area contributed by atoms with Gasteiger partial charge in [-0.2, -0.15) is 9.97 Å². The van der Waals surface area contributed by atoms with Crippen LogP contribution in [-0.2, 0) is 11.2 Å². The van der Waals surface area contributed by atoms with Crippen LogP contribution < -0.4 is 20.7 Å². The molecule has 45 heavy (non-hydrogen) atoms. The Morgan fingerprint density at radius 1 is 1.11 bits per heavy atom. The predicted molar refractivity (Wildman–Crippen MR) is 167 cm³/mol. The second kappa shape index (κ2) is 11.9. The van der Waals surface area contributed by atoms with Crippen molar-refractivity contribution in [2.75, 3.05) is 50.0 Å². The monoisotopic (exact) mass is 621 g/mol. The van der Waals surface area contributed by atoms with Gasteiger partial charge in [0, 0.05) is 56.5 Å². The summed E-state index contributed by atoms with van der Waals surface area (Å²) < 4.78 is 37.4. The molecule has 1 aromatic carbocycles. The van der Waals surface area contributed by atoms with Gasteiger partial charge in [-0.1, -0.05) is 6.07 Å². The SMILES string of the molecule is Nc1ccc2c(c1)-c1ncc3c(nc(OCC45CCCN4CC(F)C5)nc3c1F)N1CCCC(O)(CCNC(=O)CCCC2)C1. The van der Waals surface area contributed by atoms with Crippen molar-refractivity contribution < 1.29 is 23.4 Å². The number of carbonyl (C=O) groups is 1. The van der Waals surface area contributed by atoms with Crippen LogP contribution >= 0.6 is 0 Å². The van der Waals surface area contributed by atoms with Crippen LogP contribution in [0.3, 0.4) is 0 Å². The van der Waals surface area contributed by atoms with Crippen LogP contribution in [0, 0.1) is 5.82 Å². The van der Waals surface area contributed by atoms with E-state index in [0.717, 1.165) is 31.4 Å². The molecule has 0 spiro atoms. The smallest absolute Gasteiger partial charge is 0.319 e. The largest absolute Gasteiger partial charge is 0.461 e. The molecule has 5 aliphatic rings. The quantitative estimate of drug-likeness (QED) is 0.373. The highest BCUT2D eigenvalue weighted by Gasteiger charge is 2.49. The van der Waals surface area contributed by atoms with E-state index < -0.39 is 23.1 Å². The highest BCUT2D eigenvalue weighted by Crippen LogP contribution is 2.41. The molecule has 0 saturated carbocycles. The third kappa shape index (κ3) is 5.90. The average Bonchev–Trinajstić information content (AvgIpc) is 3.54. The standard InChI is InChI=1S/C33H41F2N7O3/c34-22-16-32(9-3-14-42(32)18-22)20-45-31-39-29-25-17-38-28(27(29)35)24-15-23(36)8-7-21(24)5-1-2-6-26(43)37-12-11-33(44)10-4-13-41(19-33)30(25)40-31/h7-8,15,17,22,44H,1-6,9-14,16,18-20,36H2,(H,37,43). The molecule has 3 aromatic rings. The summed E-state index contributed by atoms with van der Waals surface area (Å²) in [5, 5.41) is 15.0. The number of aliphatic hydroxyl groups is 1. The van der Waals surface area contributed by atoms with Gasteiger partial charge in [0.1, 0.15) is 29.8 Å². The molecular weight excluding hydrogens is 580 g/mol. The van der Waals surface area contributed by atoms with Gasteiger partial charge >= 0.3 is 6.01 Å². The number of benzene rings is 1. The third-order valence-electron chi connectivity index (χ3n) is 10.1. The number of nitrogen functional groups attached to an aromatic ring is 1. The van der Waals surface area contributed by atoms with Gasteiger partial charge in [0.15, 0.2) is 5.82 Å². The minimum atomic E-state index is -1.07. The van der Waals surface area contributed by atoms with Crippen molar-refractivity contribution in [2.45, 2.75) is 81.5 Å². The molecule has 6 bridgehead atoms. The van der Waals surface area contributed by atoms with Gasteiger partial charge in [-0.15, -0.1) is 0 Å². The number of carbonyl (C=O) groups excluding carboxylic acids is 1. The van der Waals surface area contributed by atoms with Crippen LogP contribution in [0.1, 0.15) is 63.4 Å². The summed E-state index contributed by atoms with van der Waals surface area (Å²) in [7, 11) is 0. The number of pyridine rings is 1. The van der Waals surface area contributed by atoms with E-state index in [1.807, 2.05) is 11.0 Å². The molecule has 240 valence electrons. The van der Waals surface area contributed by atoms with Gasteiger partial charge < -0.3 is 25.8 Å². The van der Waals surface area contributed by atoms with Crippen molar-refractivity contribution >= 4 is 28.3 Å². The first-order valence-corrected chi connectivity index (χ1v) is 16.2. The third-order valence-corrected chi connectivity index (χ3v) is 10.1. The lowest BCUT2D eigenvalue weighted by molar-refractivity contribution is -0.121. The fraction of sp³-hybridized carbons (Fsp3) is 0.576. The lowest BCUT2D eigenvalue weighted by atomic mass is 9.89. The van der Waals surface area contributed by atoms with Crippen molar-refractivity contribution in [3.05, 3.63) is 35.8 Å². The number of alkyl halides is 1. The summed E-state index contributed by atoms with van der Waals surface area (Å²) in [6.45, 7) is 2.63. The summed E-state index contributed by atoms with van der Waals surface area (Å²) in [5.41, 5.74) is 6.82. The average molecular weight is 622 g/mol. The highest BCUT2D eigenvalue weighted by molar-refractivity contribution is 5.92. The first-order valence-electron chi connectivity index (χ1n) is 16.2. The number of nitrogens with two attached hydrogens (primary N) is 1. The summed E-state index contributed by atoms with van der Waals surface area (Å²) in [4.78, 5) is 30.6. The Hall–Kier alpha value is -3.64. The zero-order valence-electron chi connectivity index (χ0n) is 25.5. The molecule has 0 aliphatic carbocycles. The number of fused-ring (bicyclic) bond motifs is 9. The number of halogens is 2. The van der Waals surface area contributed by atoms with Crippen molar-refractivity contribution in [2.24, 2.45) is 0 Å². The van der Waals surface area contributed by atoms with Crippen LogP contribution in [0.2, 0.25) is 0 Å². The number of aromatic nitrogens is 3. The number of rotatable bonds is 3. The predicted octanol–water partition coefficient (Wildman–Crippen LogP) is 3.93. The van der Waals surface area contributed by atoms with Crippen molar-refractivity contribution in [3.63, 3.8) is 0 Å². The van der Waals surface area contributed by atoms with E-state index in [1.54, 1.807) is 18.3 Å². The summed E-state index contributed by atoms with van der Waals surface area (Å²) >= 11 is 0. The lowest BCUT2D eigenvalue weighted by Gasteiger charge is -2.40. The van der Waals surface area contributed by atoms with E-state index in [4.69, 9.17) is 15.5 Å². The number of hydrogen-bond donors (Lipinski definition) is 3. The summed E-state index contributed by atoms with van der Waals surface area (Å²) in [6.07, 6.45) is 6.90. The highest BCUT2D eigenvalue weighted by atomic mass is 19.1. The number of amides is 1. The number of piperidine rings is 1. The summed E-state index contributed by atoms with van der Waals surface area (Å²) in [6, 6.07) is 5.41. The van der Waals surface area contributed by atoms with Crippen LogP contribution in [0.4, 0.5) is 20.3 Å². The fourth-order valence-corrected chi connectivity index (χ4v) is 7.82. The molecule has 3 atom stereocenters. The molecule has 3 unspecified atom stereocenters. The molecule has 0 radical (unpaired) electrons. The molecule has 8 rings (SSSR count). The molecule has 10 nitrogen and oxygen atoms in total. The van der Waals surface area contributed by atoms with Crippen LogP contribution in [-0.4, -0.2) is 87.5 Å². The van der Waals surface area contributed by atoms with Gasteiger partial charge in [-0.3, -0.25) is 14.7 Å². The first kappa shape index (κ1) is 30.0. The van der Waals surface area contributed by atoms with Gasteiger partial charge in [-0.05, 0) is 75.6 Å². The molecule has 3 saturated heterocycles. The van der Waals surface area contributed by atoms with Gasteiger partial charge in [0.2, 0.25) is 5.91 Å². The zero-order chi connectivity index (χ0) is 31.2. The molecule has 4 N–H and O–H groups in total. The minimum absolute atomic E-state index is 0.0145. The Bertz CT molecular complexity index is 1610. The number of ether oxygens (including phenoxy) is 1. The van der Waals surface area contributed by atoms with E-state index in [-0.39, 0.29) is 36.3 Å².